The summed E-state index contributed by atoms with van der Waals surface area (Å²) in [4.78, 5) is 0. The summed E-state index contributed by atoms with van der Waals surface area (Å²) >= 11 is 2.45. The van der Waals surface area contributed by atoms with E-state index < -0.39 is 0 Å². The van der Waals surface area contributed by atoms with Gasteiger partial charge in [0, 0.05) is 0 Å². The third-order valence-corrected chi connectivity index (χ3v) is 2.28. The van der Waals surface area contributed by atoms with Crippen molar-refractivity contribution in [1.29, 1.82) is 0 Å². The predicted molar refractivity (Wildman–Crippen MR) is 52.2 cm³/mol. The zero-order chi connectivity index (χ0) is 7.11. The maximum Gasteiger partial charge on any atom is -0.000219 e. The van der Waals surface area contributed by atoms with E-state index in [-0.39, 0.29) is 0 Å². The molecule has 0 saturated carbocycles. The van der Waals surface area contributed by atoms with Gasteiger partial charge in [-0.1, -0.05) is 55.7 Å². The lowest BCUT2D eigenvalue weighted by atomic mass is 10.0. The van der Waals surface area contributed by atoms with Gasteiger partial charge in [-0.15, -0.1) is 0 Å². The van der Waals surface area contributed by atoms with E-state index in [1.165, 1.54) is 30.1 Å². The molecule has 56 valence electrons. The third kappa shape index (κ3) is 6.62. The van der Waals surface area contributed by atoms with Gasteiger partial charge in [0.25, 0.3) is 0 Å². The lowest BCUT2D eigenvalue weighted by Crippen LogP contribution is -1.94. The second-order valence-electron chi connectivity index (χ2n) is 2.73. The van der Waals surface area contributed by atoms with Crippen molar-refractivity contribution < 1.29 is 0 Å². The molecule has 0 bridgehead atoms. The second kappa shape index (κ2) is 6.84. The molecule has 1 heteroatoms. The van der Waals surface area contributed by atoms with Gasteiger partial charge >= 0.3 is 0 Å². The van der Waals surface area contributed by atoms with Crippen molar-refractivity contribution in [3.8, 4) is 0 Å². The molecule has 0 rings (SSSR count). The van der Waals surface area contributed by atoms with Crippen molar-refractivity contribution in [2.24, 2.45) is 5.92 Å². The average molecular weight is 240 g/mol. The van der Waals surface area contributed by atoms with Gasteiger partial charge in [0.05, 0.1) is 0 Å². The predicted octanol–water partition coefficient (Wildman–Crippen LogP) is 3.64. The molecule has 0 aliphatic carbocycles. The highest BCUT2D eigenvalue weighted by atomic mass is 127. The van der Waals surface area contributed by atoms with Crippen LogP contribution in [-0.2, 0) is 0 Å². The van der Waals surface area contributed by atoms with Crippen molar-refractivity contribution in [2.75, 3.05) is 4.43 Å². The highest BCUT2D eigenvalue weighted by Crippen LogP contribution is 2.12. The summed E-state index contributed by atoms with van der Waals surface area (Å²) in [5.74, 6) is 0.960. The first-order chi connectivity index (χ1) is 4.31. The molecule has 0 fully saturated rings. The van der Waals surface area contributed by atoms with E-state index in [9.17, 15) is 0 Å². The molecule has 0 radical (unpaired) electrons. The van der Waals surface area contributed by atoms with Crippen LogP contribution < -0.4 is 0 Å². The van der Waals surface area contributed by atoms with Crippen LogP contribution in [0.3, 0.4) is 0 Å². The Morgan fingerprint density at radius 3 is 2.44 bits per heavy atom. The number of halogens is 1. The Bertz CT molecular complexity index is 52.5. The van der Waals surface area contributed by atoms with Crippen molar-refractivity contribution >= 4 is 22.6 Å². The van der Waals surface area contributed by atoms with Crippen molar-refractivity contribution in [1.82, 2.24) is 0 Å². The monoisotopic (exact) mass is 240 g/mol. The zero-order valence-corrected chi connectivity index (χ0v) is 8.65. The molecular weight excluding hydrogens is 223 g/mol. The Hall–Kier alpha value is 0.730. The molecule has 0 saturated heterocycles. The molecule has 0 aromatic heterocycles. The van der Waals surface area contributed by atoms with Crippen LogP contribution in [0.2, 0.25) is 0 Å². The lowest BCUT2D eigenvalue weighted by Gasteiger charge is -2.06. The van der Waals surface area contributed by atoms with Crippen LogP contribution in [-0.4, -0.2) is 4.43 Å². The van der Waals surface area contributed by atoms with E-state index in [1.807, 2.05) is 0 Å². The van der Waals surface area contributed by atoms with Gasteiger partial charge in [0.15, 0.2) is 0 Å². The van der Waals surface area contributed by atoms with E-state index >= 15 is 0 Å². The number of alkyl halides is 1. The summed E-state index contributed by atoms with van der Waals surface area (Å²) in [5, 5.41) is 0. The third-order valence-electron chi connectivity index (χ3n) is 1.65. The van der Waals surface area contributed by atoms with Crippen LogP contribution >= 0.6 is 22.6 Å². The Morgan fingerprint density at radius 2 is 2.00 bits per heavy atom. The Kier molecular flexibility index (Phi) is 7.40. The number of unbranched alkanes of at least 4 members (excludes halogenated alkanes) is 1. The molecule has 0 aromatic carbocycles. The van der Waals surface area contributed by atoms with Crippen LogP contribution in [0.25, 0.3) is 0 Å². The summed E-state index contributed by atoms with van der Waals surface area (Å²) in [6, 6.07) is 0. The second-order valence-corrected chi connectivity index (χ2v) is 3.80. The first-order valence-electron chi connectivity index (χ1n) is 3.87. The molecule has 0 aliphatic rings. The van der Waals surface area contributed by atoms with Gasteiger partial charge in [-0.25, -0.2) is 0 Å². The summed E-state index contributed by atoms with van der Waals surface area (Å²) in [6.45, 7) is 4.62. The van der Waals surface area contributed by atoms with E-state index in [0.29, 0.717) is 0 Å². The first-order valence-corrected chi connectivity index (χ1v) is 5.39. The van der Waals surface area contributed by atoms with Crippen LogP contribution in [0.4, 0.5) is 0 Å². The summed E-state index contributed by atoms with van der Waals surface area (Å²) < 4.78 is 1.32. The van der Waals surface area contributed by atoms with Gasteiger partial charge in [-0.05, 0) is 16.8 Å². The Morgan fingerprint density at radius 1 is 1.33 bits per heavy atom. The smallest absolute Gasteiger partial charge is 0.000219 e. The molecule has 0 nitrogen and oxygen atoms in total. The van der Waals surface area contributed by atoms with Gasteiger partial charge in [0.2, 0.25) is 0 Å². The topological polar surface area (TPSA) is 0 Å². The molecule has 0 amide bonds. The van der Waals surface area contributed by atoms with Crippen molar-refractivity contribution in [2.45, 2.75) is 39.5 Å². The SMILES string of the molecule is CCCCC(C)CCI. The van der Waals surface area contributed by atoms with E-state index in [2.05, 4.69) is 36.4 Å². The standard InChI is InChI=1S/C8H17I/c1-3-4-5-8(2)6-7-9/h8H,3-7H2,1-2H3. The zero-order valence-electron chi connectivity index (χ0n) is 6.49. The summed E-state index contributed by atoms with van der Waals surface area (Å²) in [7, 11) is 0. The molecule has 0 N–H and O–H groups in total. The quantitative estimate of drug-likeness (QED) is 0.508. The molecule has 0 spiro atoms. The first kappa shape index (κ1) is 9.73. The molecule has 0 aromatic rings. The fourth-order valence-corrected chi connectivity index (χ4v) is 1.95. The molecule has 0 aliphatic heterocycles. The van der Waals surface area contributed by atoms with Crippen LogP contribution in [0, 0.1) is 5.92 Å². The normalized spacial score (nSPS) is 13.7. The fourth-order valence-electron chi connectivity index (χ4n) is 0.883. The molecule has 1 atom stereocenters. The molecule has 0 heterocycles. The summed E-state index contributed by atoms with van der Waals surface area (Å²) in [5.41, 5.74) is 0. The average Bonchev–Trinajstić information content (AvgIpc) is 1.85. The number of rotatable bonds is 5. The summed E-state index contributed by atoms with van der Waals surface area (Å²) in [6.07, 6.45) is 5.60. The van der Waals surface area contributed by atoms with Crippen molar-refractivity contribution in [3.63, 3.8) is 0 Å². The molecule has 9 heavy (non-hydrogen) atoms. The fraction of sp³-hybridized carbons (Fsp3) is 1.00. The van der Waals surface area contributed by atoms with Gasteiger partial charge in [-0.3, -0.25) is 0 Å². The molecule has 1 unspecified atom stereocenters. The minimum absolute atomic E-state index is 0.960. The lowest BCUT2D eigenvalue weighted by molar-refractivity contribution is 0.497. The van der Waals surface area contributed by atoms with Gasteiger partial charge < -0.3 is 0 Å². The van der Waals surface area contributed by atoms with Crippen LogP contribution in [0.1, 0.15) is 39.5 Å². The van der Waals surface area contributed by atoms with E-state index in [0.717, 1.165) is 5.92 Å². The van der Waals surface area contributed by atoms with Crippen molar-refractivity contribution in [3.05, 3.63) is 0 Å². The Balaban J connectivity index is 2.95. The largest absolute Gasteiger partial charge is 0.0864 e. The van der Waals surface area contributed by atoms with E-state index in [1.54, 1.807) is 0 Å². The maximum absolute atomic E-state index is 2.45. The molecular formula is C8H17I. The highest BCUT2D eigenvalue weighted by molar-refractivity contribution is 14.1. The number of hydrogen-bond donors (Lipinski definition) is 0. The van der Waals surface area contributed by atoms with Crippen LogP contribution in [0.15, 0.2) is 0 Å². The number of hydrogen-bond acceptors (Lipinski definition) is 0. The van der Waals surface area contributed by atoms with Gasteiger partial charge in [0.1, 0.15) is 0 Å². The Labute approximate surface area is 72.6 Å². The minimum Gasteiger partial charge on any atom is -0.0864 e. The van der Waals surface area contributed by atoms with Crippen LogP contribution in [0.5, 0.6) is 0 Å². The highest BCUT2D eigenvalue weighted by Gasteiger charge is 1.97. The maximum atomic E-state index is 2.45. The van der Waals surface area contributed by atoms with Gasteiger partial charge in [-0.2, -0.15) is 0 Å². The van der Waals surface area contributed by atoms with E-state index in [4.69, 9.17) is 0 Å². The minimum atomic E-state index is 0.960.